The van der Waals surface area contributed by atoms with Crippen LogP contribution in [0.15, 0.2) is 40.9 Å². The van der Waals surface area contributed by atoms with Gasteiger partial charge < -0.3 is 10.0 Å². The van der Waals surface area contributed by atoms with Crippen molar-refractivity contribution in [3.63, 3.8) is 0 Å². The van der Waals surface area contributed by atoms with Gasteiger partial charge >= 0.3 is 0 Å². The molecule has 0 unspecified atom stereocenters. The molecule has 2 nitrogen and oxygen atoms in total. The highest BCUT2D eigenvalue weighted by molar-refractivity contribution is 9.10. The fraction of sp³-hybridized carbons (Fsp3) is 0.294. The molecular weight excluding hydrogens is 314 g/mol. The molecule has 0 aromatic heterocycles. The van der Waals surface area contributed by atoms with Crippen LogP contribution in [0.25, 0.3) is 0 Å². The van der Waals surface area contributed by atoms with Gasteiger partial charge in [-0.25, -0.2) is 0 Å². The fourth-order valence-corrected chi connectivity index (χ4v) is 3.00. The molecule has 2 aromatic rings. The van der Waals surface area contributed by atoms with Crippen LogP contribution in [0.4, 0.5) is 11.4 Å². The second-order valence-electron chi connectivity index (χ2n) is 5.29. The van der Waals surface area contributed by atoms with E-state index in [1.165, 1.54) is 11.1 Å². The number of benzene rings is 2. The Bertz CT molecular complexity index is 602. The quantitative estimate of drug-likeness (QED) is 0.864. The Morgan fingerprint density at radius 3 is 2.15 bits per heavy atom. The Kier molecular flexibility index (Phi) is 4.51. The molecule has 20 heavy (non-hydrogen) atoms. The van der Waals surface area contributed by atoms with Crippen molar-refractivity contribution in [1.29, 1.82) is 0 Å². The summed E-state index contributed by atoms with van der Waals surface area (Å²) in [6, 6.07) is 12.5. The average molecular weight is 334 g/mol. The van der Waals surface area contributed by atoms with Crippen molar-refractivity contribution in [3.8, 4) is 0 Å². The third-order valence-corrected chi connectivity index (χ3v) is 4.04. The van der Waals surface area contributed by atoms with Crippen LogP contribution in [-0.2, 0) is 0 Å². The zero-order valence-corrected chi connectivity index (χ0v) is 13.9. The molecule has 106 valence electrons. The number of halogens is 1. The van der Waals surface area contributed by atoms with E-state index in [9.17, 15) is 5.11 Å². The van der Waals surface area contributed by atoms with Crippen LogP contribution in [-0.4, -0.2) is 12.2 Å². The van der Waals surface area contributed by atoms with E-state index in [0.29, 0.717) is 0 Å². The van der Waals surface area contributed by atoms with E-state index in [1.807, 2.05) is 18.2 Å². The smallest absolute Gasteiger partial charge is 0.0762 e. The predicted octanol–water partition coefficient (Wildman–Crippen LogP) is 4.89. The molecule has 2 rings (SSSR count). The summed E-state index contributed by atoms with van der Waals surface area (Å²) in [4.78, 5) is 2.15. The van der Waals surface area contributed by atoms with E-state index in [1.54, 1.807) is 6.92 Å². The fourth-order valence-electron chi connectivity index (χ4n) is 2.34. The lowest BCUT2D eigenvalue weighted by Crippen LogP contribution is -2.11. The largest absolute Gasteiger partial charge is 0.389 e. The molecule has 1 N–H and O–H groups in total. The molecule has 0 heterocycles. The van der Waals surface area contributed by atoms with E-state index in [2.05, 4.69) is 59.9 Å². The van der Waals surface area contributed by atoms with Crippen LogP contribution in [0.5, 0.6) is 0 Å². The summed E-state index contributed by atoms with van der Waals surface area (Å²) in [6.45, 7) is 5.99. The lowest BCUT2D eigenvalue weighted by atomic mass is 10.1. The lowest BCUT2D eigenvalue weighted by molar-refractivity contribution is 0.199. The van der Waals surface area contributed by atoms with Gasteiger partial charge in [0, 0.05) is 17.2 Å². The number of hydrogen-bond donors (Lipinski definition) is 1. The molecule has 0 aliphatic rings. The van der Waals surface area contributed by atoms with Gasteiger partial charge in [-0.1, -0.05) is 12.1 Å². The summed E-state index contributed by atoms with van der Waals surface area (Å²) >= 11 is 3.60. The Hall–Kier alpha value is -1.32. The first-order valence-corrected chi connectivity index (χ1v) is 7.47. The van der Waals surface area contributed by atoms with Crippen LogP contribution in [0.2, 0.25) is 0 Å². The van der Waals surface area contributed by atoms with Crippen molar-refractivity contribution in [2.24, 2.45) is 0 Å². The van der Waals surface area contributed by atoms with Crippen molar-refractivity contribution in [2.75, 3.05) is 11.9 Å². The highest BCUT2D eigenvalue weighted by Crippen LogP contribution is 2.33. The monoisotopic (exact) mass is 333 g/mol. The van der Waals surface area contributed by atoms with Crippen LogP contribution < -0.4 is 4.90 Å². The first-order chi connectivity index (χ1) is 9.38. The molecule has 0 aliphatic carbocycles. The summed E-state index contributed by atoms with van der Waals surface area (Å²) in [5, 5.41) is 9.63. The zero-order chi connectivity index (χ0) is 14.9. The van der Waals surface area contributed by atoms with Gasteiger partial charge in [0.25, 0.3) is 0 Å². The standard InChI is InChI=1S/C17H20BrNO/c1-11-7-12(2)9-15(8-11)19(4)17-6-5-14(13(3)20)10-16(17)18/h5-10,13,20H,1-4H3/t13-/m1/s1. The number of nitrogens with zero attached hydrogens (tertiary/aromatic N) is 1. The Labute approximate surface area is 129 Å². The van der Waals surface area contributed by atoms with E-state index < -0.39 is 6.10 Å². The van der Waals surface area contributed by atoms with Gasteiger partial charge in [0.15, 0.2) is 0 Å². The van der Waals surface area contributed by atoms with Gasteiger partial charge in [0.05, 0.1) is 11.8 Å². The molecule has 0 amide bonds. The minimum Gasteiger partial charge on any atom is -0.389 e. The Morgan fingerprint density at radius 1 is 1.05 bits per heavy atom. The summed E-state index contributed by atoms with van der Waals surface area (Å²) in [7, 11) is 2.05. The van der Waals surface area contributed by atoms with Crippen molar-refractivity contribution in [1.82, 2.24) is 0 Å². The van der Waals surface area contributed by atoms with E-state index in [-0.39, 0.29) is 0 Å². The molecule has 0 fully saturated rings. The highest BCUT2D eigenvalue weighted by atomic mass is 79.9. The molecule has 0 saturated heterocycles. The second-order valence-corrected chi connectivity index (χ2v) is 6.15. The predicted molar refractivity (Wildman–Crippen MR) is 88.8 cm³/mol. The molecule has 0 bridgehead atoms. The van der Waals surface area contributed by atoms with E-state index in [0.717, 1.165) is 21.4 Å². The zero-order valence-electron chi connectivity index (χ0n) is 12.3. The summed E-state index contributed by atoms with van der Waals surface area (Å²) in [5.74, 6) is 0. The molecule has 0 saturated carbocycles. The summed E-state index contributed by atoms with van der Waals surface area (Å²) < 4.78 is 0.984. The van der Waals surface area contributed by atoms with Gasteiger partial charge in [-0.3, -0.25) is 0 Å². The maximum Gasteiger partial charge on any atom is 0.0762 e. The molecule has 0 radical (unpaired) electrons. The van der Waals surface area contributed by atoms with Crippen LogP contribution in [0.3, 0.4) is 0 Å². The molecule has 0 aliphatic heterocycles. The normalized spacial score (nSPS) is 12.3. The molecule has 1 atom stereocenters. The topological polar surface area (TPSA) is 23.5 Å². The number of hydrogen-bond acceptors (Lipinski definition) is 2. The minimum atomic E-state index is -0.452. The first-order valence-electron chi connectivity index (χ1n) is 6.68. The second kappa shape index (κ2) is 5.98. The number of aryl methyl sites for hydroxylation is 2. The van der Waals surface area contributed by atoms with Gasteiger partial charge in [-0.05, 0) is 77.7 Å². The minimum absolute atomic E-state index is 0.452. The SMILES string of the molecule is Cc1cc(C)cc(N(C)c2ccc([C@@H](C)O)cc2Br)c1. The lowest BCUT2D eigenvalue weighted by Gasteiger charge is -2.23. The summed E-state index contributed by atoms with van der Waals surface area (Å²) in [5.41, 5.74) is 5.66. The third kappa shape index (κ3) is 3.22. The number of aliphatic hydroxyl groups is 1. The Morgan fingerprint density at radius 2 is 1.65 bits per heavy atom. The van der Waals surface area contributed by atoms with Crippen molar-refractivity contribution < 1.29 is 5.11 Å². The maximum atomic E-state index is 9.63. The van der Waals surface area contributed by atoms with Crippen LogP contribution in [0, 0.1) is 13.8 Å². The third-order valence-electron chi connectivity index (χ3n) is 3.41. The van der Waals surface area contributed by atoms with Crippen molar-refractivity contribution in [3.05, 3.63) is 57.6 Å². The number of rotatable bonds is 3. The Balaban J connectivity index is 2.40. The van der Waals surface area contributed by atoms with E-state index >= 15 is 0 Å². The van der Waals surface area contributed by atoms with Gasteiger partial charge in [0.2, 0.25) is 0 Å². The summed E-state index contributed by atoms with van der Waals surface area (Å²) in [6.07, 6.45) is -0.452. The molecule has 0 spiro atoms. The number of aliphatic hydroxyl groups excluding tert-OH is 1. The first kappa shape index (κ1) is 15.1. The number of anilines is 2. The van der Waals surface area contributed by atoms with Crippen LogP contribution >= 0.6 is 15.9 Å². The van der Waals surface area contributed by atoms with Gasteiger partial charge in [0.1, 0.15) is 0 Å². The average Bonchev–Trinajstić information content (AvgIpc) is 2.36. The van der Waals surface area contributed by atoms with Crippen molar-refractivity contribution in [2.45, 2.75) is 26.9 Å². The van der Waals surface area contributed by atoms with Crippen LogP contribution in [0.1, 0.15) is 29.7 Å². The van der Waals surface area contributed by atoms with E-state index in [4.69, 9.17) is 0 Å². The molecular formula is C17H20BrNO. The molecule has 3 heteroatoms. The van der Waals surface area contributed by atoms with Crippen molar-refractivity contribution >= 4 is 27.3 Å². The highest BCUT2D eigenvalue weighted by Gasteiger charge is 2.11. The van der Waals surface area contributed by atoms with Gasteiger partial charge in [-0.2, -0.15) is 0 Å². The van der Waals surface area contributed by atoms with Gasteiger partial charge in [-0.15, -0.1) is 0 Å². The molecule has 2 aromatic carbocycles. The maximum absolute atomic E-state index is 9.63.